The molecule has 5 heteroatoms. The van der Waals surface area contributed by atoms with Crippen molar-refractivity contribution in [3.63, 3.8) is 0 Å². The maximum atomic E-state index is 12.0. The number of hydrogen-bond acceptors (Lipinski definition) is 3. The molecule has 0 spiro atoms. The smallest absolute Gasteiger partial charge is 0.744 e. The molecule has 0 radical (unpaired) electrons. The van der Waals surface area contributed by atoms with Crippen molar-refractivity contribution in [1.29, 1.82) is 0 Å². The van der Waals surface area contributed by atoms with Crippen LogP contribution in [0.4, 0.5) is 0 Å². The largest absolute Gasteiger partial charge is 1.00 e. The topological polar surface area (TPSA) is 57.2 Å². The summed E-state index contributed by atoms with van der Waals surface area (Å²) >= 11 is 0. The molecule has 0 amide bonds. The first kappa shape index (κ1) is 28.6. The van der Waals surface area contributed by atoms with E-state index in [2.05, 4.69) is 26.0 Å². The van der Waals surface area contributed by atoms with Crippen LogP contribution in [0.5, 0.6) is 0 Å². The number of unbranched alkanes of at least 4 members (excludes halogenated alkanes) is 10. The van der Waals surface area contributed by atoms with Gasteiger partial charge in [0.15, 0.2) is 0 Å². The summed E-state index contributed by atoms with van der Waals surface area (Å²) in [5, 5.41) is 1.62. The molecular formula is C26H39NaO3S. The first-order chi connectivity index (χ1) is 14.5. The third kappa shape index (κ3) is 9.55. The predicted octanol–water partition coefficient (Wildman–Crippen LogP) is 4.55. The Hall–Kier alpha value is -0.390. The van der Waals surface area contributed by atoms with Gasteiger partial charge in [-0.3, -0.25) is 0 Å². The van der Waals surface area contributed by atoms with Gasteiger partial charge in [0.2, 0.25) is 0 Å². The average Bonchev–Trinajstić information content (AvgIpc) is 2.72. The van der Waals surface area contributed by atoms with Crippen molar-refractivity contribution in [2.24, 2.45) is 0 Å². The predicted molar refractivity (Wildman–Crippen MR) is 126 cm³/mol. The Morgan fingerprint density at radius 1 is 0.677 bits per heavy atom. The van der Waals surface area contributed by atoms with Crippen LogP contribution < -0.4 is 29.6 Å². The second-order valence-corrected chi connectivity index (χ2v) is 9.90. The quantitative estimate of drug-likeness (QED) is 0.225. The summed E-state index contributed by atoms with van der Waals surface area (Å²) in [7, 11) is -4.50. The van der Waals surface area contributed by atoms with E-state index >= 15 is 0 Å². The van der Waals surface area contributed by atoms with Crippen LogP contribution in [0.2, 0.25) is 0 Å². The molecule has 31 heavy (non-hydrogen) atoms. The summed E-state index contributed by atoms with van der Waals surface area (Å²) in [5.41, 5.74) is 2.17. The number of hydrogen-bond donors (Lipinski definition) is 0. The van der Waals surface area contributed by atoms with E-state index in [0.717, 1.165) is 48.6 Å². The fourth-order valence-electron chi connectivity index (χ4n) is 4.33. The third-order valence-corrected chi connectivity index (χ3v) is 6.93. The molecule has 0 aromatic heterocycles. The molecule has 2 rings (SSSR count). The number of aryl methyl sites for hydroxylation is 2. The Labute approximate surface area is 212 Å². The Morgan fingerprint density at radius 3 is 1.71 bits per heavy atom. The minimum Gasteiger partial charge on any atom is -0.744 e. The van der Waals surface area contributed by atoms with Gasteiger partial charge < -0.3 is 4.55 Å². The molecule has 0 saturated carbocycles. The van der Waals surface area contributed by atoms with Gasteiger partial charge in [-0.15, -0.1) is 0 Å². The molecule has 0 fully saturated rings. The molecular weight excluding hydrogens is 415 g/mol. The Morgan fingerprint density at radius 2 is 1.16 bits per heavy atom. The molecule has 0 atom stereocenters. The summed E-state index contributed by atoms with van der Waals surface area (Å²) in [5.74, 6) is 0. The zero-order valence-corrected chi connectivity index (χ0v) is 22.7. The fraction of sp³-hybridized carbons (Fsp3) is 0.615. The number of benzene rings is 2. The number of fused-ring (bicyclic) bond motifs is 1. The summed E-state index contributed by atoms with van der Waals surface area (Å²) in [6, 6.07) is 9.40. The Bertz CT molecular complexity index is 878. The third-order valence-electron chi connectivity index (χ3n) is 6.05. The zero-order chi connectivity index (χ0) is 21.8. The van der Waals surface area contributed by atoms with Crippen LogP contribution in [-0.4, -0.2) is 13.0 Å². The summed E-state index contributed by atoms with van der Waals surface area (Å²) in [6.07, 6.45) is 16.3. The summed E-state index contributed by atoms with van der Waals surface area (Å²) in [4.78, 5) is -0.0502. The molecule has 0 aliphatic heterocycles. The molecule has 0 N–H and O–H groups in total. The van der Waals surface area contributed by atoms with Crippen LogP contribution in [0.3, 0.4) is 0 Å². The first-order valence-corrected chi connectivity index (χ1v) is 13.4. The van der Waals surface area contributed by atoms with Gasteiger partial charge in [0.1, 0.15) is 10.1 Å². The maximum Gasteiger partial charge on any atom is 1.00 e. The SMILES string of the molecule is CCCCCCCCc1ccc(CCCCCCCC)c2c(S(=O)(=O)[O-])cccc12.[Na+]. The van der Waals surface area contributed by atoms with Gasteiger partial charge in [-0.2, -0.15) is 0 Å². The molecule has 3 nitrogen and oxygen atoms in total. The van der Waals surface area contributed by atoms with E-state index in [4.69, 9.17) is 0 Å². The van der Waals surface area contributed by atoms with Crippen LogP contribution >= 0.6 is 0 Å². The Kier molecular flexibility index (Phi) is 14.3. The van der Waals surface area contributed by atoms with E-state index < -0.39 is 10.1 Å². The molecule has 0 unspecified atom stereocenters. The summed E-state index contributed by atoms with van der Waals surface area (Å²) in [6.45, 7) is 4.43. The molecule has 0 aliphatic carbocycles. The minimum absolute atomic E-state index is 0. The normalized spacial score (nSPS) is 11.6. The van der Waals surface area contributed by atoms with Gasteiger partial charge in [0.25, 0.3) is 0 Å². The van der Waals surface area contributed by atoms with Crippen molar-refractivity contribution >= 4 is 20.9 Å². The molecule has 0 bridgehead atoms. The van der Waals surface area contributed by atoms with Gasteiger partial charge in [-0.25, -0.2) is 8.42 Å². The van der Waals surface area contributed by atoms with Crippen molar-refractivity contribution < 1.29 is 42.5 Å². The van der Waals surface area contributed by atoms with Crippen LogP contribution in [-0.2, 0) is 23.0 Å². The van der Waals surface area contributed by atoms with Crippen molar-refractivity contribution in [3.05, 3.63) is 41.5 Å². The van der Waals surface area contributed by atoms with Gasteiger partial charge in [0, 0.05) is 5.39 Å². The van der Waals surface area contributed by atoms with E-state index in [1.54, 1.807) is 6.07 Å². The second-order valence-electron chi connectivity index (χ2n) is 8.55. The van der Waals surface area contributed by atoms with Crippen LogP contribution in [0.15, 0.2) is 35.2 Å². The van der Waals surface area contributed by atoms with E-state index in [-0.39, 0.29) is 34.5 Å². The van der Waals surface area contributed by atoms with Gasteiger partial charge in [0.05, 0.1) is 4.90 Å². The van der Waals surface area contributed by atoms with Crippen molar-refractivity contribution in [3.8, 4) is 0 Å². The Balaban J connectivity index is 0.00000480. The van der Waals surface area contributed by atoms with Crippen LogP contribution in [0.25, 0.3) is 10.8 Å². The minimum atomic E-state index is -4.50. The fourth-order valence-corrected chi connectivity index (χ4v) is 5.07. The molecule has 168 valence electrons. The number of rotatable bonds is 15. The zero-order valence-electron chi connectivity index (χ0n) is 19.9. The first-order valence-electron chi connectivity index (χ1n) is 12.0. The van der Waals surface area contributed by atoms with Crippen molar-refractivity contribution in [2.45, 2.75) is 109 Å². The van der Waals surface area contributed by atoms with E-state index in [1.807, 2.05) is 6.07 Å². The molecule has 2 aromatic carbocycles. The van der Waals surface area contributed by atoms with Gasteiger partial charge in [-0.1, -0.05) is 102 Å². The van der Waals surface area contributed by atoms with Crippen LogP contribution in [0.1, 0.15) is 102 Å². The molecule has 0 heterocycles. The average molecular weight is 455 g/mol. The van der Waals surface area contributed by atoms with E-state index in [1.165, 1.54) is 63.9 Å². The van der Waals surface area contributed by atoms with E-state index in [0.29, 0.717) is 5.39 Å². The van der Waals surface area contributed by atoms with E-state index in [9.17, 15) is 13.0 Å². The standard InChI is InChI=1S/C26H40O3S.Na/c1-3-5-7-9-11-13-16-22-20-21-23(17-14-12-10-8-6-4-2)26-24(22)18-15-19-25(26)30(27,28)29;/h15,18-21H,3-14,16-17H2,1-2H3,(H,27,28,29);/q;+1/p-1. The summed E-state index contributed by atoms with van der Waals surface area (Å²) < 4.78 is 35.9. The van der Waals surface area contributed by atoms with Crippen LogP contribution in [0, 0.1) is 0 Å². The second kappa shape index (κ2) is 15.4. The monoisotopic (exact) mass is 454 g/mol. The molecule has 2 aromatic rings. The van der Waals surface area contributed by atoms with Gasteiger partial charge >= 0.3 is 29.6 Å². The maximum absolute atomic E-state index is 12.0. The van der Waals surface area contributed by atoms with Crippen molar-refractivity contribution in [2.75, 3.05) is 0 Å². The molecule has 0 saturated heterocycles. The molecule has 0 aliphatic rings. The van der Waals surface area contributed by atoms with Crippen molar-refractivity contribution in [1.82, 2.24) is 0 Å². The van der Waals surface area contributed by atoms with Gasteiger partial charge in [-0.05, 0) is 48.3 Å².